The van der Waals surface area contributed by atoms with Crippen molar-refractivity contribution in [2.45, 2.75) is 19.1 Å². The summed E-state index contributed by atoms with van der Waals surface area (Å²) in [6.45, 7) is 8.92. The van der Waals surface area contributed by atoms with E-state index in [4.69, 9.17) is 9.47 Å². The third-order valence-electron chi connectivity index (χ3n) is 1.75. The molecule has 0 aliphatic carbocycles. The van der Waals surface area contributed by atoms with Gasteiger partial charge in [-0.3, -0.25) is 0 Å². The van der Waals surface area contributed by atoms with Gasteiger partial charge < -0.3 is 14.8 Å². The molecule has 0 radical (unpaired) electrons. The number of hydrogen-bond donors (Lipinski definition) is 1. The SMILES string of the molecule is C=CCNCC(C)OC1COC1. The zero-order valence-corrected chi connectivity index (χ0v) is 7.58. The first-order valence-electron chi connectivity index (χ1n) is 4.37. The largest absolute Gasteiger partial charge is 0.376 e. The lowest BCUT2D eigenvalue weighted by atomic mass is 10.3. The van der Waals surface area contributed by atoms with Crippen molar-refractivity contribution in [2.24, 2.45) is 0 Å². The smallest absolute Gasteiger partial charge is 0.104 e. The van der Waals surface area contributed by atoms with Gasteiger partial charge >= 0.3 is 0 Å². The summed E-state index contributed by atoms with van der Waals surface area (Å²) in [5.74, 6) is 0. The fourth-order valence-corrected chi connectivity index (χ4v) is 1.06. The molecule has 70 valence electrons. The Bertz CT molecular complexity index is 134. The molecular weight excluding hydrogens is 154 g/mol. The van der Waals surface area contributed by atoms with E-state index in [-0.39, 0.29) is 6.10 Å². The highest BCUT2D eigenvalue weighted by Gasteiger charge is 2.20. The van der Waals surface area contributed by atoms with Crippen molar-refractivity contribution in [2.75, 3.05) is 26.3 Å². The Morgan fingerprint density at radius 1 is 1.75 bits per heavy atom. The Morgan fingerprint density at radius 2 is 2.50 bits per heavy atom. The van der Waals surface area contributed by atoms with E-state index in [0.29, 0.717) is 6.10 Å². The van der Waals surface area contributed by atoms with Crippen LogP contribution in [0.3, 0.4) is 0 Å². The molecule has 12 heavy (non-hydrogen) atoms. The first-order valence-corrected chi connectivity index (χ1v) is 4.37. The van der Waals surface area contributed by atoms with Crippen LogP contribution >= 0.6 is 0 Å². The van der Waals surface area contributed by atoms with Crippen LogP contribution in [-0.2, 0) is 9.47 Å². The molecule has 1 heterocycles. The zero-order chi connectivity index (χ0) is 8.81. The second kappa shape index (κ2) is 5.30. The predicted molar refractivity (Wildman–Crippen MR) is 48.2 cm³/mol. The van der Waals surface area contributed by atoms with Crippen LogP contribution in [0.5, 0.6) is 0 Å². The van der Waals surface area contributed by atoms with Crippen molar-refractivity contribution < 1.29 is 9.47 Å². The topological polar surface area (TPSA) is 30.5 Å². The second-order valence-corrected chi connectivity index (χ2v) is 3.05. The summed E-state index contributed by atoms with van der Waals surface area (Å²) < 4.78 is 10.6. The number of nitrogens with one attached hydrogen (secondary N) is 1. The van der Waals surface area contributed by atoms with Crippen LogP contribution in [0.15, 0.2) is 12.7 Å². The molecule has 1 atom stereocenters. The Morgan fingerprint density at radius 3 is 3.00 bits per heavy atom. The van der Waals surface area contributed by atoms with Gasteiger partial charge in [0, 0.05) is 13.1 Å². The van der Waals surface area contributed by atoms with Gasteiger partial charge in [-0.15, -0.1) is 6.58 Å². The maximum atomic E-state index is 5.61. The molecule has 0 bridgehead atoms. The van der Waals surface area contributed by atoms with Crippen LogP contribution in [0, 0.1) is 0 Å². The zero-order valence-electron chi connectivity index (χ0n) is 7.58. The van der Waals surface area contributed by atoms with E-state index in [0.717, 1.165) is 26.3 Å². The first kappa shape index (κ1) is 9.71. The Labute approximate surface area is 73.7 Å². The summed E-state index contributed by atoms with van der Waals surface area (Å²) >= 11 is 0. The first-order chi connectivity index (χ1) is 5.83. The molecule has 1 unspecified atom stereocenters. The Kier molecular flexibility index (Phi) is 4.29. The molecule has 1 saturated heterocycles. The molecule has 0 amide bonds. The lowest BCUT2D eigenvalue weighted by Gasteiger charge is -2.29. The van der Waals surface area contributed by atoms with E-state index in [2.05, 4.69) is 18.8 Å². The van der Waals surface area contributed by atoms with Gasteiger partial charge in [0.1, 0.15) is 6.10 Å². The maximum absolute atomic E-state index is 5.61. The number of hydrogen-bond acceptors (Lipinski definition) is 3. The van der Waals surface area contributed by atoms with E-state index in [1.54, 1.807) is 0 Å². The standard InChI is InChI=1S/C9H17NO2/c1-3-4-10-5-8(2)12-9-6-11-7-9/h3,8-10H,1,4-7H2,2H3. The van der Waals surface area contributed by atoms with Crippen molar-refractivity contribution in [1.82, 2.24) is 5.32 Å². The summed E-state index contributed by atoms with van der Waals surface area (Å²) in [5.41, 5.74) is 0. The van der Waals surface area contributed by atoms with Gasteiger partial charge in [0.25, 0.3) is 0 Å². The Hall–Kier alpha value is -0.380. The number of ether oxygens (including phenoxy) is 2. The van der Waals surface area contributed by atoms with Crippen molar-refractivity contribution in [3.05, 3.63) is 12.7 Å². The van der Waals surface area contributed by atoms with E-state index in [1.807, 2.05) is 6.08 Å². The highest BCUT2D eigenvalue weighted by Crippen LogP contribution is 2.07. The minimum absolute atomic E-state index is 0.263. The van der Waals surface area contributed by atoms with Crippen LogP contribution < -0.4 is 5.32 Å². The highest BCUT2D eigenvalue weighted by atomic mass is 16.6. The van der Waals surface area contributed by atoms with Crippen LogP contribution in [0.4, 0.5) is 0 Å². The predicted octanol–water partition coefficient (Wildman–Crippen LogP) is 0.566. The molecule has 0 spiro atoms. The average Bonchev–Trinajstić information content (AvgIpc) is 1.98. The van der Waals surface area contributed by atoms with Gasteiger partial charge in [-0.25, -0.2) is 0 Å². The van der Waals surface area contributed by atoms with Crippen molar-refractivity contribution in [1.29, 1.82) is 0 Å². The number of rotatable bonds is 6. The second-order valence-electron chi connectivity index (χ2n) is 3.05. The van der Waals surface area contributed by atoms with Crippen LogP contribution in [0.2, 0.25) is 0 Å². The van der Waals surface area contributed by atoms with Gasteiger partial charge in [-0.05, 0) is 6.92 Å². The third kappa shape index (κ3) is 3.34. The van der Waals surface area contributed by atoms with Crippen LogP contribution in [0.1, 0.15) is 6.92 Å². The molecule has 0 saturated carbocycles. The molecule has 1 rings (SSSR count). The lowest BCUT2D eigenvalue weighted by molar-refractivity contribution is -0.149. The summed E-state index contributed by atoms with van der Waals surface area (Å²) in [7, 11) is 0. The minimum atomic E-state index is 0.263. The lowest BCUT2D eigenvalue weighted by Crippen LogP contribution is -2.41. The van der Waals surface area contributed by atoms with Crippen LogP contribution in [-0.4, -0.2) is 38.5 Å². The van der Waals surface area contributed by atoms with Gasteiger partial charge in [0.15, 0.2) is 0 Å². The minimum Gasteiger partial charge on any atom is -0.376 e. The highest BCUT2D eigenvalue weighted by molar-refractivity contribution is 4.72. The van der Waals surface area contributed by atoms with E-state index >= 15 is 0 Å². The van der Waals surface area contributed by atoms with Crippen molar-refractivity contribution in [3.8, 4) is 0 Å². The summed E-state index contributed by atoms with van der Waals surface area (Å²) in [6, 6.07) is 0. The monoisotopic (exact) mass is 171 g/mol. The van der Waals surface area contributed by atoms with E-state index in [1.165, 1.54) is 0 Å². The van der Waals surface area contributed by atoms with Crippen molar-refractivity contribution >= 4 is 0 Å². The van der Waals surface area contributed by atoms with Crippen molar-refractivity contribution in [3.63, 3.8) is 0 Å². The Balaban J connectivity index is 1.94. The third-order valence-corrected chi connectivity index (χ3v) is 1.75. The molecule has 1 fully saturated rings. The van der Waals surface area contributed by atoms with Crippen LogP contribution in [0.25, 0.3) is 0 Å². The van der Waals surface area contributed by atoms with Gasteiger partial charge in [-0.2, -0.15) is 0 Å². The van der Waals surface area contributed by atoms with E-state index < -0.39 is 0 Å². The fourth-order valence-electron chi connectivity index (χ4n) is 1.06. The molecule has 1 aliphatic heterocycles. The summed E-state index contributed by atoms with van der Waals surface area (Å²) in [4.78, 5) is 0. The average molecular weight is 171 g/mol. The fraction of sp³-hybridized carbons (Fsp3) is 0.778. The van der Waals surface area contributed by atoms with Gasteiger partial charge in [-0.1, -0.05) is 6.08 Å². The molecule has 3 nitrogen and oxygen atoms in total. The molecule has 0 aromatic carbocycles. The maximum Gasteiger partial charge on any atom is 0.104 e. The molecule has 1 N–H and O–H groups in total. The van der Waals surface area contributed by atoms with Gasteiger partial charge in [0.2, 0.25) is 0 Å². The van der Waals surface area contributed by atoms with E-state index in [9.17, 15) is 0 Å². The quantitative estimate of drug-likeness (QED) is 0.468. The molecule has 0 aromatic heterocycles. The summed E-state index contributed by atoms with van der Waals surface area (Å²) in [5, 5.41) is 3.20. The molecular formula is C9H17NO2. The molecule has 1 aliphatic rings. The molecule has 0 aromatic rings. The normalized spacial score (nSPS) is 20.1. The van der Waals surface area contributed by atoms with Gasteiger partial charge in [0.05, 0.1) is 19.3 Å². The molecule has 3 heteroatoms. The summed E-state index contributed by atoms with van der Waals surface area (Å²) in [6.07, 6.45) is 2.43.